The molecular formula is C13H12BrNO3. The number of likely N-dealkylation sites (tertiary alicyclic amines) is 1. The van der Waals surface area contributed by atoms with Gasteiger partial charge in [0.15, 0.2) is 0 Å². The minimum Gasteiger partial charge on any atom is -0.493 e. The summed E-state index contributed by atoms with van der Waals surface area (Å²) in [5, 5.41) is 0. The lowest BCUT2D eigenvalue weighted by atomic mass is 10.1. The molecule has 2 amide bonds. The lowest BCUT2D eigenvalue weighted by molar-refractivity contribution is -0.139. The van der Waals surface area contributed by atoms with Crippen molar-refractivity contribution in [2.24, 2.45) is 0 Å². The van der Waals surface area contributed by atoms with Crippen molar-refractivity contribution in [3.05, 3.63) is 27.7 Å². The van der Waals surface area contributed by atoms with Gasteiger partial charge in [-0.2, -0.15) is 0 Å². The summed E-state index contributed by atoms with van der Waals surface area (Å²) in [7, 11) is 0. The number of benzene rings is 1. The standard InChI is InChI=1S/C13H12BrNO3/c14-10-5-8-3-4-18-13(8)9(6-10)7-15-11(16)1-2-12(15)17/h5-6H,1-4,7H2. The summed E-state index contributed by atoms with van der Waals surface area (Å²) in [6, 6.07) is 3.95. The zero-order valence-corrected chi connectivity index (χ0v) is 11.3. The lowest BCUT2D eigenvalue weighted by Crippen LogP contribution is -2.28. The van der Waals surface area contributed by atoms with Gasteiger partial charge in [0.05, 0.1) is 13.2 Å². The van der Waals surface area contributed by atoms with Crippen molar-refractivity contribution < 1.29 is 14.3 Å². The quantitative estimate of drug-likeness (QED) is 0.785. The van der Waals surface area contributed by atoms with E-state index in [-0.39, 0.29) is 11.8 Å². The van der Waals surface area contributed by atoms with Crippen molar-refractivity contribution in [2.45, 2.75) is 25.8 Å². The Labute approximate surface area is 113 Å². The number of carbonyl (C=O) groups is 2. The molecule has 0 aromatic heterocycles. The second-order valence-corrected chi connectivity index (χ2v) is 5.44. The third kappa shape index (κ3) is 1.92. The molecule has 0 spiro atoms. The maximum absolute atomic E-state index is 11.6. The first-order chi connectivity index (χ1) is 8.65. The average Bonchev–Trinajstić information content (AvgIpc) is 2.90. The van der Waals surface area contributed by atoms with Crippen LogP contribution in [0.4, 0.5) is 0 Å². The fourth-order valence-electron chi connectivity index (χ4n) is 2.43. The molecule has 2 heterocycles. The Morgan fingerprint density at radius 3 is 2.61 bits per heavy atom. The Hall–Kier alpha value is -1.36. The van der Waals surface area contributed by atoms with Gasteiger partial charge in [0.1, 0.15) is 5.75 Å². The van der Waals surface area contributed by atoms with E-state index in [1.54, 1.807) is 0 Å². The van der Waals surface area contributed by atoms with E-state index in [0.717, 1.165) is 27.8 Å². The van der Waals surface area contributed by atoms with Crippen LogP contribution < -0.4 is 4.74 Å². The van der Waals surface area contributed by atoms with Gasteiger partial charge < -0.3 is 4.74 Å². The monoisotopic (exact) mass is 309 g/mol. The Bertz CT molecular complexity index is 525. The van der Waals surface area contributed by atoms with Gasteiger partial charge in [0.2, 0.25) is 11.8 Å². The third-order valence-corrected chi connectivity index (χ3v) is 3.77. The molecule has 4 nitrogen and oxygen atoms in total. The van der Waals surface area contributed by atoms with Crippen molar-refractivity contribution in [1.82, 2.24) is 4.90 Å². The smallest absolute Gasteiger partial charge is 0.230 e. The summed E-state index contributed by atoms with van der Waals surface area (Å²) in [6.07, 6.45) is 1.54. The third-order valence-electron chi connectivity index (χ3n) is 3.31. The van der Waals surface area contributed by atoms with Crippen LogP contribution in [0, 0.1) is 0 Å². The Morgan fingerprint density at radius 2 is 1.89 bits per heavy atom. The molecule has 2 aliphatic heterocycles. The SMILES string of the molecule is O=C1CCC(=O)N1Cc1cc(Br)cc2c1OCC2. The Morgan fingerprint density at radius 1 is 1.17 bits per heavy atom. The molecule has 0 aliphatic carbocycles. The van der Waals surface area contributed by atoms with E-state index in [1.165, 1.54) is 4.90 Å². The molecule has 3 rings (SSSR count). The van der Waals surface area contributed by atoms with Crippen molar-refractivity contribution >= 4 is 27.7 Å². The molecule has 0 N–H and O–H groups in total. The first kappa shape index (κ1) is 11.7. The number of carbonyl (C=O) groups excluding carboxylic acids is 2. The van der Waals surface area contributed by atoms with Gasteiger partial charge in [-0.1, -0.05) is 15.9 Å². The highest BCUT2D eigenvalue weighted by molar-refractivity contribution is 9.10. The first-order valence-corrected chi connectivity index (χ1v) is 6.72. The molecule has 0 unspecified atom stereocenters. The highest BCUT2D eigenvalue weighted by atomic mass is 79.9. The summed E-state index contributed by atoms with van der Waals surface area (Å²) in [6.45, 7) is 0.986. The van der Waals surface area contributed by atoms with Crippen LogP contribution in [-0.4, -0.2) is 23.3 Å². The van der Waals surface area contributed by atoms with E-state index in [1.807, 2.05) is 12.1 Å². The first-order valence-electron chi connectivity index (χ1n) is 5.92. The number of hydrogen-bond acceptors (Lipinski definition) is 3. The molecule has 94 valence electrons. The molecule has 1 aromatic carbocycles. The van der Waals surface area contributed by atoms with Crippen LogP contribution >= 0.6 is 15.9 Å². The van der Waals surface area contributed by atoms with Gasteiger partial charge in [0, 0.05) is 29.3 Å². The van der Waals surface area contributed by atoms with E-state index in [2.05, 4.69) is 15.9 Å². The van der Waals surface area contributed by atoms with E-state index in [0.29, 0.717) is 26.0 Å². The number of nitrogens with zero attached hydrogens (tertiary/aromatic N) is 1. The number of ether oxygens (including phenoxy) is 1. The van der Waals surface area contributed by atoms with E-state index >= 15 is 0 Å². The Kier molecular flexibility index (Phi) is 2.86. The van der Waals surface area contributed by atoms with Crippen LogP contribution in [0.5, 0.6) is 5.75 Å². The minimum absolute atomic E-state index is 0.0910. The molecule has 2 aliphatic rings. The molecule has 0 radical (unpaired) electrons. The second-order valence-electron chi connectivity index (χ2n) is 4.53. The molecule has 18 heavy (non-hydrogen) atoms. The van der Waals surface area contributed by atoms with Crippen LogP contribution in [-0.2, 0) is 22.6 Å². The van der Waals surface area contributed by atoms with Crippen LogP contribution in [0.1, 0.15) is 24.0 Å². The molecule has 1 aromatic rings. The molecule has 1 saturated heterocycles. The number of hydrogen-bond donors (Lipinski definition) is 0. The molecule has 0 atom stereocenters. The van der Waals surface area contributed by atoms with Crippen molar-refractivity contribution in [2.75, 3.05) is 6.61 Å². The zero-order valence-electron chi connectivity index (χ0n) is 9.74. The second kappa shape index (κ2) is 4.39. The van der Waals surface area contributed by atoms with Gasteiger partial charge in [-0.15, -0.1) is 0 Å². The molecule has 0 bridgehead atoms. The van der Waals surface area contributed by atoms with E-state index in [4.69, 9.17) is 4.74 Å². The van der Waals surface area contributed by atoms with Gasteiger partial charge in [-0.05, 0) is 17.7 Å². The van der Waals surface area contributed by atoms with Crippen molar-refractivity contribution in [3.63, 3.8) is 0 Å². The predicted octanol–water partition coefficient (Wildman–Crippen LogP) is 2.03. The molecule has 0 saturated carbocycles. The summed E-state index contributed by atoms with van der Waals surface area (Å²) in [4.78, 5) is 24.6. The van der Waals surface area contributed by atoms with Crippen LogP contribution in [0.3, 0.4) is 0 Å². The predicted molar refractivity (Wildman–Crippen MR) is 68.1 cm³/mol. The summed E-state index contributed by atoms with van der Waals surface area (Å²) in [5.74, 6) is 0.657. The number of halogens is 1. The topological polar surface area (TPSA) is 46.6 Å². The zero-order chi connectivity index (χ0) is 12.7. The normalized spacial score (nSPS) is 18.2. The molecule has 5 heteroatoms. The highest BCUT2D eigenvalue weighted by Crippen LogP contribution is 2.34. The van der Waals surface area contributed by atoms with Gasteiger partial charge >= 0.3 is 0 Å². The van der Waals surface area contributed by atoms with Crippen LogP contribution in [0.2, 0.25) is 0 Å². The van der Waals surface area contributed by atoms with Crippen molar-refractivity contribution in [1.29, 1.82) is 0 Å². The molecular weight excluding hydrogens is 298 g/mol. The van der Waals surface area contributed by atoms with E-state index < -0.39 is 0 Å². The number of fused-ring (bicyclic) bond motifs is 1. The summed E-state index contributed by atoms with van der Waals surface area (Å²) < 4.78 is 6.55. The van der Waals surface area contributed by atoms with E-state index in [9.17, 15) is 9.59 Å². The average molecular weight is 310 g/mol. The minimum atomic E-state index is -0.0910. The highest BCUT2D eigenvalue weighted by Gasteiger charge is 2.30. The Balaban J connectivity index is 1.93. The molecule has 1 fully saturated rings. The largest absolute Gasteiger partial charge is 0.493 e. The van der Waals surface area contributed by atoms with Gasteiger partial charge in [0.25, 0.3) is 0 Å². The fourth-order valence-corrected chi connectivity index (χ4v) is 2.99. The van der Waals surface area contributed by atoms with Gasteiger partial charge in [-0.25, -0.2) is 0 Å². The van der Waals surface area contributed by atoms with Crippen molar-refractivity contribution in [3.8, 4) is 5.75 Å². The maximum atomic E-state index is 11.6. The number of imide groups is 1. The summed E-state index contributed by atoms with van der Waals surface area (Å²) >= 11 is 3.45. The van der Waals surface area contributed by atoms with Crippen LogP contribution in [0.25, 0.3) is 0 Å². The lowest BCUT2D eigenvalue weighted by Gasteiger charge is -2.16. The van der Waals surface area contributed by atoms with Gasteiger partial charge in [-0.3, -0.25) is 14.5 Å². The maximum Gasteiger partial charge on any atom is 0.230 e. The number of amides is 2. The summed E-state index contributed by atoms with van der Waals surface area (Å²) in [5.41, 5.74) is 2.04. The fraction of sp³-hybridized carbons (Fsp3) is 0.385. The van der Waals surface area contributed by atoms with Crippen LogP contribution in [0.15, 0.2) is 16.6 Å². The number of rotatable bonds is 2.